The molecule has 0 aliphatic heterocycles. The van der Waals surface area contributed by atoms with Gasteiger partial charge in [0.2, 0.25) is 17.7 Å². The van der Waals surface area contributed by atoms with E-state index in [9.17, 15) is 24.3 Å². The van der Waals surface area contributed by atoms with Gasteiger partial charge in [0.15, 0.2) is 0 Å². The van der Waals surface area contributed by atoms with Gasteiger partial charge in [-0.2, -0.15) is 0 Å². The Hall–Kier alpha value is -3.40. The van der Waals surface area contributed by atoms with E-state index < -0.39 is 47.9 Å². The summed E-state index contributed by atoms with van der Waals surface area (Å²) in [5.74, 6) is -2.53. The van der Waals surface area contributed by atoms with Crippen molar-refractivity contribution in [1.29, 1.82) is 0 Å². The van der Waals surface area contributed by atoms with Gasteiger partial charge in [-0.3, -0.25) is 14.4 Å². The van der Waals surface area contributed by atoms with Crippen LogP contribution in [-0.2, 0) is 25.6 Å². The number of carboxylic acids is 1. The molecule has 1 heterocycles. The lowest BCUT2D eigenvalue weighted by Crippen LogP contribution is -2.57. The first-order valence-corrected chi connectivity index (χ1v) is 12.3. The third kappa shape index (κ3) is 8.37. The molecule has 10 nitrogen and oxygen atoms in total. The monoisotopic (exact) mass is 501 g/mol. The predicted octanol–water partition coefficient (Wildman–Crippen LogP) is 1.69. The number of carboxylic acid groups (broad SMARTS) is 1. The molecular weight excluding hydrogens is 462 g/mol. The Labute approximate surface area is 211 Å². The first-order valence-electron chi connectivity index (χ1n) is 12.3. The molecule has 198 valence electrons. The van der Waals surface area contributed by atoms with Crippen LogP contribution in [0.5, 0.6) is 0 Å². The van der Waals surface area contributed by atoms with E-state index in [1.165, 1.54) is 6.92 Å². The van der Waals surface area contributed by atoms with Crippen LogP contribution in [0, 0.1) is 11.8 Å². The van der Waals surface area contributed by atoms with Gasteiger partial charge in [0.25, 0.3) is 0 Å². The molecule has 0 radical (unpaired) electrons. The molecule has 4 unspecified atom stereocenters. The summed E-state index contributed by atoms with van der Waals surface area (Å²) >= 11 is 0. The standard InChI is InChI=1S/C26H39N5O5/c1-14(2)10-19(27)24(33)29-16(5)23(32)30-21(25(34)31-22(26(35)36)11-15(3)4)12-17-13-28-20-9-7-6-8-18(17)20/h6-9,13-16,19,21-22,28H,10-12,27H2,1-5H3,(H,29,33)(H,30,32)(H,31,34)(H,35,36). The van der Waals surface area contributed by atoms with Crippen molar-refractivity contribution in [3.8, 4) is 0 Å². The van der Waals surface area contributed by atoms with Gasteiger partial charge in [0, 0.05) is 23.5 Å². The van der Waals surface area contributed by atoms with E-state index in [0.29, 0.717) is 6.42 Å². The lowest BCUT2D eigenvalue weighted by molar-refractivity contribution is -0.142. The third-order valence-corrected chi connectivity index (χ3v) is 5.87. The van der Waals surface area contributed by atoms with Crippen molar-refractivity contribution in [3.63, 3.8) is 0 Å². The molecule has 0 saturated carbocycles. The van der Waals surface area contributed by atoms with Crippen molar-refractivity contribution in [2.45, 2.75) is 78.0 Å². The van der Waals surface area contributed by atoms with Gasteiger partial charge < -0.3 is 31.8 Å². The Balaban J connectivity index is 2.21. The Kier molecular flexibility index (Phi) is 10.5. The third-order valence-electron chi connectivity index (χ3n) is 5.87. The van der Waals surface area contributed by atoms with E-state index in [1.807, 2.05) is 52.0 Å². The van der Waals surface area contributed by atoms with Crippen LogP contribution in [0.3, 0.4) is 0 Å². The molecule has 2 aromatic rings. The van der Waals surface area contributed by atoms with Crippen LogP contribution < -0.4 is 21.7 Å². The number of rotatable bonds is 13. The maximum atomic E-state index is 13.2. The van der Waals surface area contributed by atoms with Crippen molar-refractivity contribution >= 4 is 34.6 Å². The molecule has 0 saturated heterocycles. The van der Waals surface area contributed by atoms with Gasteiger partial charge in [-0.15, -0.1) is 0 Å². The number of benzene rings is 1. The second-order valence-electron chi connectivity index (χ2n) is 10.1. The maximum absolute atomic E-state index is 13.2. The number of hydrogen-bond acceptors (Lipinski definition) is 5. The SMILES string of the molecule is CC(C)CC(N)C(=O)NC(C)C(=O)NC(Cc1c[nH]c2ccccc12)C(=O)NC(CC(C)C)C(=O)O. The molecule has 3 amide bonds. The average molecular weight is 502 g/mol. The lowest BCUT2D eigenvalue weighted by atomic mass is 10.0. The van der Waals surface area contributed by atoms with E-state index in [1.54, 1.807) is 6.20 Å². The average Bonchev–Trinajstić information content (AvgIpc) is 3.19. The highest BCUT2D eigenvalue weighted by Crippen LogP contribution is 2.19. The van der Waals surface area contributed by atoms with E-state index in [-0.39, 0.29) is 24.7 Å². The van der Waals surface area contributed by atoms with Crippen LogP contribution in [0.2, 0.25) is 0 Å². The van der Waals surface area contributed by atoms with Crippen LogP contribution in [0.25, 0.3) is 10.9 Å². The quantitative estimate of drug-likeness (QED) is 0.244. The van der Waals surface area contributed by atoms with E-state index in [2.05, 4.69) is 20.9 Å². The zero-order chi connectivity index (χ0) is 27.0. The fourth-order valence-corrected chi connectivity index (χ4v) is 3.99. The molecule has 1 aromatic carbocycles. The molecule has 0 bridgehead atoms. The number of aliphatic carboxylic acids is 1. The summed E-state index contributed by atoms with van der Waals surface area (Å²) in [6.07, 6.45) is 2.60. The van der Waals surface area contributed by atoms with Crippen LogP contribution >= 0.6 is 0 Å². The largest absolute Gasteiger partial charge is 0.480 e. The highest BCUT2D eigenvalue weighted by atomic mass is 16.4. The zero-order valence-corrected chi connectivity index (χ0v) is 21.6. The Bertz CT molecular complexity index is 1060. The minimum atomic E-state index is -1.14. The van der Waals surface area contributed by atoms with Gasteiger partial charge in [-0.25, -0.2) is 4.79 Å². The van der Waals surface area contributed by atoms with Crippen LogP contribution in [0.15, 0.2) is 30.5 Å². The fraction of sp³-hybridized carbons (Fsp3) is 0.538. The molecular formula is C26H39N5O5. The van der Waals surface area contributed by atoms with E-state index in [4.69, 9.17) is 5.73 Å². The lowest BCUT2D eigenvalue weighted by Gasteiger charge is -2.24. The summed E-state index contributed by atoms with van der Waals surface area (Å²) in [6.45, 7) is 9.12. The number of carbonyl (C=O) groups is 4. The number of para-hydroxylation sites is 1. The predicted molar refractivity (Wildman–Crippen MR) is 138 cm³/mol. The summed E-state index contributed by atoms with van der Waals surface area (Å²) in [5, 5.41) is 18.3. The molecule has 7 N–H and O–H groups in total. The summed E-state index contributed by atoms with van der Waals surface area (Å²) in [4.78, 5) is 53.4. The minimum absolute atomic E-state index is 0.0401. The fourth-order valence-electron chi connectivity index (χ4n) is 3.99. The van der Waals surface area contributed by atoms with Gasteiger partial charge in [-0.05, 0) is 43.2 Å². The van der Waals surface area contributed by atoms with Crippen molar-refractivity contribution in [3.05, 3.63) is 36.0 Å². The number of aromatic amines is 1. The molecule has 0 aliphatic carbocycles. The molecule has 1 aromatic heterocycles. The second-order valence-corrected chi connectivity index (χ2v) is 10.1. The normalized spacial score (nSPS) is 14.8. The van der Waals surface area contributed by atoms with E-state index >= 15 is 0 Å². The summed E-state index contributed by atoms with van der Waals surface area (Å²) in [6, 6.07) is 3.70. The minimum Gasteiger partial charge on any atom is -0.480 e. The van der Waals surface area contributed by atoms with Crippen molar-refractivity contribution in [1.82, 2.24) is 20.9 Å². The van der Waals surface area contributed by atoms with Gasteiger partial charge >= 0.3 is 5.97 Å². The molecule has 0 fully saturated rings. The molecule has 10 heteroatoms. The Morgan fingerprint density at radius 1 is 0.861 bits per heavy atom. The zero-order valence-electron chi connectivity index (χ0n) is 21.6. The van der Waals surface area contributed by atoms with E-state index in [0.717, 1.165) is 16.5 Å². The van der Waals surface area contributed by atoms with Crippen molar-refractivity contribution in [2.75, 3.05) is 0 Å². The molecule has 36 heavy (non-hydrogen) atoms. The highest BCUT2D eigenvalue weighted by Gasteiger charge is 2.30. The maximum Gasteiger partial charge on any atom is 0.326 e. The topological polar surface area (TPSA) is 166 Å². The van der Waals surface area contributed by atoms with Gasteiger partial charge in [-0.1, -0.05) is 45.9 Å². The number of nitrogens with one attached hydrogen (secondary N) is 4. The van der Waals surface area contributed by atoms with Crippen LogP contribution in [-0.4, -0.2) is 57.9 Å². The van der Waals surface area contributed by atoms with Crippen molar-refractivity contribution in [2.24, 2.45) is 17.6 Å². The number of fused-ring (bicyclic) bond motifs is 1. The van der Waals surface area contributed by atoms with Crippen molar-refractivity contribution < 1.29 is 24.3 Å². The number of nitrogens with two attached hydrogens (primary N) is 1. The number of aromatic nitrogens is 1. The number of H-pyrrole nitrogens is 1. The number of hydrogen-bond donors (Lipinski definition) is 6. The second kappa shape index (κ2) is 13.1. The Morgan fingerprint density at radius 2 is 1.47 bits per heavy atom. The molecule has 0 aliphatic rings. The molecule has 4 atom stereocenters. The highest BCUT2D eigenvalue weighted by molar-refractivity contribution is 5.94. The first kappa shape index (κ1) is 28.8. The summed E-state index contributed by atoms with van der Waals surface area (Å²) in [5.41, 5.74) is 7.58. The Morgan fingerprint density at radius 3 is 2.08 bits per heavy atom. The van der Waals surface area contributed by atoms with Gasteiger partial charge in [0.05, 0.1) is 6.04 Å². The van der Waals surface area contributed by atoms with Crippen LogP contribution in [0.1, 0.15) is 53.0 Å². The van der Waals surface area contributed by atoms with Gasteiger partial charge in [0.1, 0.15) is 18.1 Å². The summed E-state index contributed by atoms with van der Waals surface area (Å²) < 4.78 is 0. The molecule has 0 spiro atoms. The van der Waals surface area contributed by atoms with Crippen LogP contribution in [0.4, 0.5) is 0 Å². The smallest absolute Gasteiger partial charge is 0.326 e. The first-order chi connectivity index (χ1) is 16.9. The summed E-state index contributed by atoms with van der Waals surface area (Å²) in [7, 11) is 0. The number of amides is 3. The number of carbonyl (C=O) groups excluding carboxylic acids is 3. The molecule has 2 rings (SSSR count).